The molecule has 1 amide bonds. The van der Waals surface area contributed by atoms with Gasteiger partial charge >= 0.3 is 0 Å². The number of amides is 1. The van der Waals surface area contributed by atoms with Crippen molar-refractivity contribution in [2.24, 2.45) is 0 Å². The lowest BCUT2D eigenvalue weighted by Gasteiger charge is -2.10. The summed E-state index contributed by atoms with van der Waals surface area (Å²) in [5.41, 5.74) is 8.45. The van der Waals surface area contributed by atoms with Crippen LogP contribution < -0.4 is 11.1 Å². The van der Waals surface area contributed by atoms with Crippen molar-refractivity contribution in [2.75, 3.05) is 11.1 Å². The van der Waals surface area contributed by atoms with Gasteiger partial charge in [0.1, 0.15) is 0 Å². The van der Waals surface area contributed by atoms with Crippen molar-refractivity contribution in [3.63, 3.8) is 0 Å². The third-order valence-corrected chi connectivity index (χ3v) is 3.46. The molecule has 0 aliphatic carbocycles. The minimum atomic E-state index is -0.262. The molecular formula is C16H17ClN2O. The van der Waals surface area contributed by atoms with E-state index >= 15 is 0 Å². The number of hydrogen-bond acceptors (Lipinski definition) is 2. The lowest BCUT2D eigenvalue weighted by atomic mass is 10.0. The molecule has 0 aliphatic heterocycles. The van der Waals surface area contributed by atoms with Gasteiger partial charge in [-0.3, -0.25) is 4.79 Å². The summed E-state index contributed by atoms with van der Waals surface area (Å²) in [6.45, 7) is 4.25. The second-order valence-electron chi connectivity index (χ2n) is 4.93. The zero-order valence-corrected chi connectivity index (χ0v) is 12.2. The second-order valence-corrected chi connectivity index (χ2v) is 5.34. The highest BCUT2D eigenvalue weighted by atomic mass is 35.5. The summed E-state index contributed by atoms with van der Waals surface area (Å²) in [7, 11) is 0. The predicted octanol–water partition coefficient (Wildman–Crippen LogP) is 4.30. The maximum atomic E-state index is 12.2. The van der Waals surface area contributed by atoms with Crippen molar-refractivity contribution in [1.29, 1.82) is 0 Å². The Balaban J connectivity index is 2.17. The Bertz CT molecular complexity index is 621. The molecule has 2 aromatic carbocycles. The monoisotopic (exact) mass is 288 g/mol. The van der Waals surface area contributed by atoms with E-state index in [1.807, 2.05) is 24.3 Å². The summed E-state index contributed by atoms with van der Waals surface area (Å²) in [6, 6.07) is 12.8. The van der Waals surface area contributed by atoms with Gasteiger partial charge in [0.25, 0.3) is 5.91 Å². The zero-order valence-electron chi connectivity index (χ0n) is 11.5. The van der Waals surface area contributed by atoms with Gasteiger partial charge in [-0.15, -0.1) is 0 Å². The first-order valence-corrected chi connectivity index (χ1v) is 6.82. The number of carbonyl (C=O) groups excluding carboxylic acids is 1. The molecule has 3 nitrogen and oxygen atoms in total. The average Bonchev–Trinajstić information content (AvgIpc) is 2.42. The summed E-state index contributed by atoms with van der Waals surface area (Å²) in [6.07, 6.45) is 0. The van der Waals surface area contributed by atoms with Crippen LogP contribution in [-0.4, -0.2) is 5.91 Å². The molecular weight excluding hydrogens is 272 g/mol. The first-order chi connectivity index (χ1) is 9.49. The van der Waals surface area contributed by atoms with Gasteiger partial charge in [0.2, 0.25) is 0 Å². The van der Waals surface area contributed by atoms with Gasteiger partial charge in [-0.05, 0) is 35.7 Å². The van der Waals surface area contributed by atoms with Crippen LogP contribution in [0.2, 0.25) is 5.02 Å². The highest BCUT2D eigenvalue weighted by Crippen LogP contribution is 2.23. The van der Waals surface area contributed by atoms with Crippen LogP contribution in [0, 0.1) is 0 Å². The number of nitrogens with one attached hydrogen (secondary N) is 1. The minimum absolute atomic E-state index is 0.262. The molecule has 2 rings (SSSR count). The second kappa shape index (κ2) is 5.97. The molecule has 104 valence electrons. The number of hydrogen-bond donors (Lipinski definition) is 2. The van der Waals surface area contributed by atoms with Crippen molar-refractivity contribution >= 4 is 28.9 Å². The normalized spacial score (nSPS) is 10.6. The van der Waals surface area contributed by atoms with E-state index in [2.05, 4.69) is 19.2 Å². The fourth-order valence-electron chi connectivity index (χ4n) is 1.88. The number of para-hydroxylation sites is 1. The lowest BCUT2D eigenvalue weighted by molar-refractivity contribution is 0.102. The quantitative estimate of drug-likeness (QED) is 0.828. The standard InChI is InChI=1S/C16H17ClN2O/c1-10(2)11-6-8-12(9-7-11)19-16(20)13-4-3-5-14(17)15(13)18/h3-10H,18H2,1-2H3,(H,19,20). The van der Waals surface area contributed by atoms with E-state index in [1.165, 1.54) is 5.56 Å². The molecule has 0 fully saturated rings. The Morgan fingerprint density at radius 2 is 1.80 bits per heavy atom. The van der Waals surface area contributed by atoms with E-state index in [0.717, 1.165) is 5.69 Å². The van der Waals surface area contributed by atoms with Crippen molar-refractivity contribution < 1.29 is 4.79 Å². The molecule has 0 unspecified atom stereocenters. The summed E-state index contributed by atoms with van der Waals surface area (Å²) < 4.78 is 0. The maximum Gasteiger partial charge on any atom is 0.257 e. The van der Waals surface area contributed by atoms with E-state index in [4.69, 9.17) is 17.3 Å². The molecule has 4 heteroatoms. The first kappa shape index (κ1) is 14.4. The van der Waals surface area contributed by atoms with Crippen molar-refractivity contribution in [1.82, 2.24) is 0 Å². The van der Waals surface area contributed by atoms with Gasteiger partial charge < -0.3 is 11.1 Å². The number of rotatable bonds is 3. The number of nitrogens with two attached hydrogens (primary N) is 1. The summed E-state index contributed by atoms with van der Waals surface area (Å²) >= 11 is 5.91. The highest BCUT2D eigenvalue weighted by molar-refractivity contribution is 6.34. The van der Waals surface area contributed by atoms with Crippen LogP contribution in [0.15, 0.2) is 42.5 Å². The molecule has 0 spiro atoms. The van der Waals surface area contributed by atoms with Crippen LogP contribution in [-0.2, 0) is 0 Å². The van der Waals surface area contributed by atoms with Crippen molar-refractivity contribution in [3.05, 3.63) is 58.6 Å². The molecule has 0 radical (unpaired) electrons. The van der Waals surface area contributed by atoms with Crippen LogP contribution in [0.3, 0.4) is 0 Å². The average molecular weight is 289 g/mol. The lowest BCUT2D eigenvalue weighted by Crippen LogP contribution is -2.14. The number of nitrogen functional groups attached to an aromatic ring is 1. The predicted molar refractivity (Wildman–Crippen MR) is 84.3 cm³/mol. The third kappa shape index (κ3) is 3.11. The zero-order chi connectivity index (χ0) is 14.7. The smallest absolute Gasteiger partial charge is 0.257 e. The molecule has 2 aromatic rings. The third-order valence-electron chi connectivity index (χ3n) is 3.13. The van der Waals surface area contributed by atoms with Gasteiger partial charge in [0.15, 0.2) is 0 Å². The van der Waals surface area contributed by atoms with E-state index in [1.54, 1.807) is 18.2 Å². The fraction of sp³-hybridized carbons (Fsp3) is 0.188. The Morgan fingerprint density at radius 3 is 2.40 bits per heavy atom. The number of halogens is 1. The van der Waals surface area contributed by atoms with Crippen LogP contribution in [0.25, 0.3) is 0 Å². The number of anilines is 2. The molecule has 3 N–H and O–H groups in total. The maximum absolute atomic E-state index is 12.2. The van der Waals surface area contributed by atoms with Gasteiger partial charge in [0.05, 0.1) is 16.3 Å². The molecule has 0 aliphatic rings. The Labute approximate surface area is 123 Å². The van der Waals surface area contributed by atoms with Crippen LogP contribution in [0.1, 0.15) is 35.7 Å². The first-order valence-electron chi connectivity index (χ1n) is 6.44. The molecule has 20 heavy (non-hydrogen) atoms. The van der Waals surface area contributed by atoms with Crippen LogP contribution in [0.4, 0.5) is 11.4 Å². The van der Waals surface area contributed by atoms with E-state index < -0.39 is 0 Å². The molecule has 0 atom stereocenters. The van der Waals surface area contributed by atoms with Crippen LogP contribution in [0.5, 0.6) is 0 Å². The van der Waals surface area contributed by atoms with Gasteiger partial charge in [-0.1, -0.05) is 43.6 Å². The Kier molecular flexibility index (Phi) is 4.30. The SMILES string of the molecule is CC(C)c1ccc(NC(=O)c2cccc(Cl)c2N)cc1. The summed E-state index contributed by atoms with van der Waals surface area (Å²) in [5, 5.41) is 3.20. The van der Waals surface area contributed by atoms with Crippen molar-refractivity contribution in [3.8, 4) is 0 Å². The van der Waals surface area contributed by atoms with Gasteiger partial charge in [-0.25, -0.2) is 0 Å². The van der Waals surface area contributed by atoms with E-state index in [9.17, 15) is 4.79 Å². The molecule has 0 aromatic heterocycles. The van der Waals surface area contributed by atoms with Crippen molar-refractivity contribution in [2.45, 2.75) is 19.8 Å². The summed E-state index contributed by atoms with van der Waals surface area (Å²) in [5.74, 6) is 0.200. The Morgan fingerprint density at radius 1 is 1.15 bits per heavy atom. The molecule has 0 heterocycles. The van der Waals surface area contributed by atoms with E-state index in [-0.39, 0.29) is 5.91 Å². The Hall–Kier alpha value is -2.00. The minimum Gasteiger partial charge on any atom is -0.397 e. The highest BCUT2D eigenvalue weighted by Gasteiger charge is 2.12. The van der Waals surface area contributed by atoms with Crippen LogP contribution >= 0.6 is 11.6 Å². The van der Waals surface area contributed by atoms with E-state index in [0.29, 0.717) is 22.2 Å². The molecule has 0 saturated carbocycles. The van der Waals surface area contributed by atoms with Gasteiger partial charge in [0, 0.05) is 5.69 Å². The largest absolute Gasteiger partial charge is 0.397 e. The molecule has 0 bridgehead atoms. The fourth-order valence-corrected chi connectivity index (χ4v) is 2.06. The topological polar surface area (TPSA) is 55.1 Å². The number of carbonyl (C=O) groups is 1. The molecule has 0 saturated heterocycles. The number of benzene rings is 2. The summed E-state index contributed by atoms with van der Waals surface area (Å²) in [4.78, 5) is 12.2. The van der Waals surface area contributed by atoms with Gasteiger partial charge in [-0.2, -0.15) is 0 Å².